The molecule has 0 aliphatic heterocycles. The van der Waals surface area contributed by atoms with Gasteiger partial charge in [-0.15, -0.1) is 6.58 Å². The summed E-state index contributed by atoms with van der Waals surface area (Å²) in [5.41, 5.74) is 0. The first-order valence-corrected chi connectivity index (χ1v) is 3.58. The first-order valence-electron chi connectivity index (χ1n) is 2.58. The molecule has 1 unspecified atom stereocenters. The van der Waals surface area contributed by atoms with Crippen LogP contribution in [-0.2, 0) is 20.3 Å². The maximum Gasteiger partial charge on any atom is 0.319 e. The molecule has 0 rings (SSSR count). The van der Waals surface area contributed by atoms with E-state index >= 15 is 0 Å². The van der Waals surface area contributed by atoms with Crippen molar-refractivity contribution in [1.82, 2.24) is 0 Å². The third kappa shape index (κ3) is 5.46. The predicted molar refractivity (Wildman–Crippen MR) is 34.4 cm³/mol. The average Bonchev–Trinajstić information content (AvgIpc) is 1.82. The van der Waals surface area contributed by atoms with E-state index in [0.717, 1.165) is 0 Å². The second kappa shape index (κ2) is 5.13. The molecule has 0 radical (unpaired) electrons. The second-order valence-corrected chi connectivity index (χ2v) is 2.06. The van der Waals surface area contributed by atoms with Gasteiger partial charge >= 0.3 is 5.97 Å². The molecule has 0 heterocycles. The third-order valence-electron chi connectivity index (χ3n) is 0.714. The summed E-state index contributed by atoms with van der Waals surface area (Å²) in [5.74, 6) is -0.756. The number of hydrogen-bond donors (Lipinski definition) is 0. The molecule has 0 fully saturated rings. The normalized spacial score (nSPS) is 12.1. The van der Waals surface area contributed by atoms with Gasteiger partial charge in [0.05, 0.1) is 6.42 Å². The van der Waals surface area contributed by atoms with E-state index in [1.807, 2.05) is 0 Å². The van der Waals surface area contributed by atoms with E-state index in [1.54, 1.807) is 0 Å². The second-order valence-electron chi connectivity index (χ2n) is 1.49. The van der Waals surface area contributed by atoms with E-state index in [1.165, 1.54) is 6.08 Å². The highest BCUT2D eigenvalue weighted by atomic mass is 32.2. The van der Waals surface area contributed by atoms with Crippen LogP contribution in [0, 0.1) is 0 Å². The van der Waals surface area contributed by atoms with Crippen molar-refractivity contribution in [2.75, 3.05) is 0 Å². The number of rotatable bonds is 4. The molecule has 58 valence electrons. The van der Waals surface area contributed by atoms with Gasteiger partial charge in [0.25, 0.3) is 0 Å². The highest BCUT2D eigenvalue weighted by molar-refractivity contribution is 7.74. The quantitative estimate of drug-likeness (QED) is 0.441. The molecular formula is C5H7O4S-. The molecular weight excluding hydrogens is 156 g/mol. The maximum atomic E-state index is 10.3. The van der Waals surface area contributed by atoms with Crippen LogP contribution in [0.25, 0.3) is 0 Å². The van der Waals surface area contributed by atoms with Gasteiger partial charge in [-0.1, -0.05) is 6.08 Å². The molecule has 0 aromatic carbocycles. The monoisotopic (exact) mass is 163 g/mol. The van der Waals surface area contributed by atoms with Crippen LogP contribution in [0.2, 0.25) is 0 Å². The highest BCUT2D eigenvalue weighted by Crippen LogP contribution is 1.93. The Kier molecular flexibility index (Phi) is 4.78. The van der Waals surface area contributed by atoms with Gasteiger partial charge in [-0.25, -0.2) is 4.21 Å². The highest BCUT2D eigenvalue weighted by Gasteiger charge is 1.99. The van der Waals surface area contributed by atoms with Gasteiger partial charge in [0.2, 0.25) is 0 Å². The van der Waals surface area contributed by atoms with Gasteiger partial charge in [-0.2, -0.15) is 0 Å². The summed E-state index contributed by atoms with van der Waals surface area (Å²) in [4.78, 5) is 10.3. The summed E-state index contributed by atoms with van der Waals surface area (Å²) in [6.07, 6.45) is 1.99. The Bertz CT molecular complexity index is 154. The molecule has 5 heteroatoms. The van der Waals surface area contributed by atoms with E-state index in [4.69, 9.17) is 0 Å². The van der Waals surface area contributed by atoms with E-state index < -0.39 is 17.3 Å². The van der Waals surface area contributed by atoms with Gasteiger partial charge in [-0.3, -0.25) is 4.79 Å². The van der Waals surface area contributed by atoms with Crippen LogP contribution >= 0.6 is 0 Å². The largest absolute Gasteiger partial charge is 0.740 e. The van der Waals surface area contributed by atoms with Crippen molar-refractivity contribution in [3.8, 4) is 0 Å². The molecule has 0 aromatic rings. The number of hydrogen-bond acceptors (Lipinski definition) is 4. The fourth-order valence-corrected chi connectivity index (χ4v) is 0.573. The molecule has 4 nitrogen and oxygen atoms in total. The van der Waals surface area contributed by atoms with Gasteiger partial charge in [-0.05, 0) is 6.42 Å². The molecule has 0 amide bonds. The van der Waals surface area contributed by atoms with Crippen molar-refractivity contribution in [3.63, 3.8) is 0 Å². The van der Waals surface area contributed by atoms with E-state index in [9.17, 15) is 13.6 Å². The van der Waals surface area contributed by atoms with Gasteiger partial charge < -0.3 is 8.74 Å². The van der Waals surface area contributed by atoms with Crippen LogP contribution in [0.5, 0.6) is 0 Å². The third-order valence-corrected chi connectivity index (χ3v) is 1.04. The first kappa shape index (κ1) is 9.32. The van der Waals surface area contributed by atoms with Crippen LogP contribution in [0.1, 0.15) is 12.8 Å². The zero-order chi connectivity index (χ0) is 7.98. The van der Waals surface area contributed by atoms with E-state index in [-0.39, 0.29) is 6.42 Å². The zero-order valence-electron chi connectivity index (χ0n) is 5.24. The number of allylic oxidation sites excluding steroid dienone is 1. The van der Waals surface area contributed by atoms with Crippen molar-refractivity contribution in [1.29, 1.82) is 0 Å². The summed E-state index contributed by atoms with van der Waals surface area (Å²) < 4.78 is 23.2. The van der Waals surface area contributed by atoms with E-state index in [2.05, 4.69) is 10.8 Å². The fraction of sp³-hybridized carbons (Fsp3) is 0.400. The van der Waals surface area contributed by atoms with Gasteiger partial charge in [0.1, 0.15) is 11.4 Å². The molecule has 10 heavy (non-hydrogen) atoms. The standard InChI is InChI=1S/C5H8O4S/c1-2-3-4-5(6)9-10(7)8/h2H,1,3-4H2,(H,7,8)/p-1. The first-order chi connectivity index (χ1) is 4.66. The van der Waals surface area contributed by atoms with Gasteiger partial charge in [0.15, 0.2) is 0 Å². The molecule has 0 N–H and O–H groups in total. The van der Waals surface area contributed by atoms with Crippen LogP contribution in [-0.4, -0.2) is 14.7 Å². The minimum atomic E-state index is -2.73. The lowest BCUT2D eigenvalue weighted by molar-refractivity contribution is -0.133. The SMILES string of the molecule is C=CCCC(=O)OS(=O)[O-]. The molecule has 0 saturated carbocycles. The van der Waals surface area contributed by atoms with Crippen molar-refractivity contribution < 1.29 is 17.7 Å². The molecule has 1 atom stereocenters. The molecule has 0 spiro atoms. The lowest BCUT2D eigenvalue weighted by atomic mass is 10.3. The minimum absolute atomic E-state index is 0.0531. The van der Waals surface area contributed by atoms with Gasteiger partial charge in [0, 0.05) is 0 Å². The Morgan fingerprint density at radius 2 is 2.40 bits per heavy atom. The molecule has 0 aliphatic rings. The van der Waals surface area contributed by atoms with Crippen LogP contribution in [0.4, 0.5) is 0 Å². The van der Waals surface area contributed by atoms with Crippen LogP contribution in [0.15, 0.2) is 12.7 Å². The Morgan fingerprint density at radius 1 is 1.80 bits per heavy atom. The Balaban J connectivity index is 3.43. The average molecular weight is 163 g/mol. The Labute approximate surface area is 61.4 Å². The van der Waals surface area contributed by atoms with Crippen LogP contribution in [0.3, 0.4) is 0 Å². The minimum Gasteiger partial charge on any atom is -0.740 e. The lowest BCUT2D eigenvalue weighted by Gasteiger charge is -2.02. The smallest absolute Gasteiger partial charge is 0.319 e. The summed E-state index contributed by atoms with van der Waals surface area (Å²) >= 11 is -2.73. The summed E-state index contributed by atoms with van der Waals surface area (Å²) in [6.45, 7) is 3.35. The van der Waals surface area contributed by atoms with Crippen LogP contribution < -0.4 is 0 Å². The summed E-state index contributed by atoms with van der Waals surface area (Å²) in [7, 11) is 0. The maximum absolute atomic E-state index is 10.3. The lowest BCUT2D eigenvalue weighted by Crippen LogP contribution is -2.05. The van der Waals surface area contributed by atoms with Crippen molar-refractivity contribution >= 4 is 17.3 Å². The molecule has 0 bridgehead atoms. The van der Waals surface area contributed by atoms with Crippen molar-refractivity contribution in [3.05, 3.63) is 12.7 Å². The topological polar surface area (TPSA) is 66.4 Å². The molecule has 0 aromatic heterocycles. The van der Waals surface area contributed by atoms with Crippen molar-refractivity contribution in [2.24, 2.45) is 0 Å². The fourth-order valence-electron chi connectivity index (χ4n) is 0.337. The molecule has 0 saturated heterocycles. The summed E-state index contributed by atoms with van der Waals surface area (Å²) in [5, 5.41) is 0. The summed E-state index contributed by atoms with van der Waals surface area (Å²) in [6, 6.07) is 0. The molecule has 0 aliphatic carbocycles. The Morgan fingerprint density at radius 3 is 2.80 bits per heavy atom. The van der Waals surface area contributed by atoms with Crippen molar-refractivity contribution in [2.45, 2.75) is 12.8 Å². The predicted octanol–water partition coefficient (Wildman–Crippen LogP) is 0.290. The zero-order valence-corrected chi connectivity index (χ0v) is 6.06. The Hall–Kier alpha value is -0.680. The number of carbonyl (C=O) groups is 1. The number of carbonyl (C=O) groups excluding carboxylic acids is 1. The van der Waals surface area contributed by atoms with E-state index in [0.29, 0.717) is 6.42 Å².